The molecule has 0 aliphatic carbocycles. The number of fused-ring (bicyclic) bond motifs is 1. The van der Waals surface area contributed by atoms with E-state index in [9.17, 15) is 9.59 Å². The molecule has 0 atom stereocenters. The van der Waals surface area contributed by atoms with Crippen LogP contribution in [0.25, 0.3) is 10.1 Å². The summed E-state index contributed by atoms with van der Waals surface area (Å²) in [4.78, 5) is 23.1. The summed E-state index contributed by atoms with van der Waals surface area (Å²) in [5, 5.41) is 0.610. The van der Waals surface area contributed by atoms with Gasteiger partial charge in [0.1, 0.15) is 0 Å². The van der Waals surface area contributed by atoms with Crippen molar-refractivity contribution in [2.75, 3.05) is 0 Å². The first kappa shape index (κ1) is 10.6. The minimum Gasteiger partial charge on any atom is -0.314 e. The Morgan fingerprint density at radius 1 is 1.60 bits per heavy atom. The zero-order chi connectivity index (χ0) is 11.0. The summed E-state index contributed by atoms with van der Waals surface area (Å²) in [5.74, 6) is 0. The molecule has 0 saturated heterocycles. The van der Waals surface area contributed by atoms with Crippen LogP contribution in [0.15, 0.2) is 21.5 Å². The summed E-state index contributed by atoms with van der Waals surface area (Å²) >= 11 is 4.73. The number of aldehydes is 1. The lowest BCUT2D eigenvalue weighted by atomic mass is 10.3. The molecule has 2 rings (SSSR count). The third-order valence-electron chi connectivity index (χ3n) is 2.19. The van der Waals surface area contributed by atoms with Gasteiger partial charge in [-0.15, -0.1) is 11.3 Å². The van der Waals surface area contributed by atoms with Crippen LogP contribution in [0.4, 0.5) is 0 Å². The molecule has 3 nitrogen and oxygen atoms in total. The highest BCUT2D eigenvalue weighted by atomic mass is 79.9. The standard InChI is InChI=1S/C10H8BrNO2S/c1-2-12-4-8(11)9-7(10(12)14)3-6(5-13)15-9/h3-5H,2H2,1H3. The van der Waals surface area contributed by atoms with Gasteiger partial charge in [-0.05, 0) is 28.9 Å². The maximum absolute atomic E-state index is 11.9. The number of hydrogen-bond donors (Lipinski definition) is 0. The predicted molar refractivity (Wildman–Crippen MR) is 64.8 cm³/mol. The van der Waals surface area contributed by atoms with Crippen molar-refractivity contribution in [3.05, 3.63) is 32.0 Å². The van der Waals surface area contributed by atoms with E-state index in [1.165, 1.54) is 11.3 Å². The van der Waals surface area contributed by atoms with Crippen molar-refractivity contribution >= 4 is 43.6 Å². The fourth-order valence-corrected chi connectivity index (χ4v) is 3.02. The van der Waals surface area contributed by atoms with Crippen molar-refractivity contribution in [2.45, 2.75) is 13.5 Å². The van der Waals surface area contributed by atoms with Crippen LogP contribution >= 0.6 is 27.3 Å². The lowest BCUT2D eigenvalue weighted by Gasteiger charge is -2.02. The Balaban J connectivity index is 2.90. The summed E-state index contributed by atoms with van der Waals surface area (Å²) < 4.78 is 3.32. The van der Waals surface area contributed by atoms with Gasteiger partial charge >= 0.3 is 0 Å². The van der Waals surface area contributed by atoms with Crippen LogP contribution in [-0.2, 0) is 6.54 Å². The summed E-state index contributed by atoms with van der Waals surface area (Å²) in [6.45, 7) is 2.53. The van der Waals surface area contributed by atoms with Gasteiger partial charge in [-0.25, -0.2) is 0 Å². The molecule has 5 heteroatoms. The fraction of sp³-hybridized carbons (Fsp3) is 0.200. The van der Waals surface area contributed by atoms with Crippen molar-refractivity contribution in [1.29, 1.82) is 0 Å². The van der Waals surface area contributed by atoms with E-state index < -0.39 is 0 Å². The highest BCUT2D eigenvalue weighted by molar-refractivity contribution is 9.10. The largest absolute Gasteiger partial charge is 0.314 e. The number of aryl methyl sites for hydroxylation is 1. The Morgan fingerprint density at radius 2 is 2.33 bits per heavy atom. The van der Waals surface area contributed by atoms with Crippen LogP contribution in [0.3, 0.4) is 0 Å². The predicted octanol–water partition coefficient (Wildman–Crippen LogP) is 2.66. The van der Waals surface area contributed by atoms with Crippen molar-refractivity contribution in [3.8, 4) is 0 Å². The van der Waals surface area contributed by atoms with Crippen LogP contribution in [0.2, 0.25) is 0 Å². The Kier molecular flexibility index (Phi) is 2.75. The molecule has 0 spiro atoms. The van der Waals surface area contributed by atoms with Gasteiger partial charge in [-0.2, -0.15) is 0 Å². The fourth-order valence-electron chi connectivity index (χ4n) is 1.45. The topological polar surface area (TPSA) is 39.1 Å². The van der Waals surface area contributed by atoms with E-state index in [1.807, 2.05) is 6.92 Å². The maximum Gasteiger partial charge on any atom is 0.259 e. The third kappa shape index (κ3) is 1.66. The number of thiophene rings is 1. The van der Waals surface area contributed by atoms with Gasteiger partial charge in [0.05, 0.1) is 19.4 Å². The molecule has 2 heterocycles. The number of nitrogens with zero attached hydrogens (tertiary/aromatic N) is 1. The van der Waals surface area contributed by atoms with Crippen molar-refractivity contribution in [1.82, 2.24) is 4.57 Å². The number of hydrogen-bond acceptors (Lipinski definition) is 3. The quantitative estimate of drug-likeness (QED) is 0.796. The van der Waals surface area contributed by atoms with Crippen molar-refractivity contribution < 1.29 is 4.79 Å². The normalized spacial score (nSPS) is 10.8. The first-order chi connectivity index (χ1) is 7.17. The van der Waals surface area contributed by atoms with Gasteiger partial charge in [-0.3, -0.25) is 9.59 Å². The van der Waals surface area contributed by atoms with E-state index >= 15 is 0 Å². The maximum atomic E-state index is 11.9. The van der Waals surface area contributed by atoms with Gasteiger partial charge in [0.15, 0.2) is 6.29 Å². The second-order valence-corrected chi connectivity index (χ2v) is 5.02. The van der Waals surface area contributed by atoms with Gasteiger partial charge in [0.2, 0.25) is 0 Å². The molecule has 2 aromatic heterocycles. The second-order valence-electron chi connectivity index (χ2n) is 3.08. The average molecular weight is 286 g/mol. The van der Waals surface area contributed by atoms with Crippen LogP contribution in [0, 0.1) is 0 Å². The summed E-state index contributed by atoms with van der Waals surface area (Å²) in [7, 11) is 0. The molecule has 0 aliphatic heterocycles. The zero-order valence-electron chi connectivity index (χ0n) is 7.99. The SMILES string of the molecule is CCn1cc(Br)c2sc(C=O)cc2c1=O. The molecule has 0 radical (unpaired) electrons. The van der Waals surface area contributed by atoms with Crippen LogP contribution in [-0.4, -0.2) is 10.9 Å². The first-order valence-corrected chi connectivity index (χ1v) is 6.06. The third-order valence-corrected chi connectivity index (χ3v) is 4.14. The van der Waals surface area contributed by atoms with Gasteiger partial charge in [0, 0.05) is 12.7 Å². The first-order valence-electron chi connectivity index (χ1n) is 4.45. The lowest BCUT2D eigenvalue weighted by molar-refractivity contribution is 0.112. The van der Waals surface area contributed by atoms with Gasteiger partial charge < -0.3 is 4.57 Å². The molecule has 0 fully saturated rings. The number of pyridine rings is 1. The molecular weight excluding hydrogens is 278 g/mol. The van der Waals surface area contributed by atoms with E-state index in [1.54, 1.807) is 16.8 Å². The monoisotopic (exact) mass is 285 g/mol. The minimum atomic E-state index is -0.0416. The molecule has 78 valence electrons. The van der Waals surface area contributed by atoms with Crippen LogP contribution in [0.1, 0.15) is 16.6 Å². The average Bonchev–Trinajstić information content (AvgIpc) is 2.68. The highest BCUT2D eigenvalue weighted by Gasteiger charge is 2.10. The highest BCUT2D eigenvalue weighted by Crippen LogP contribution is 2.28. The number of halogens is 1. The molecule has 0 saturated carbocycles. The van der Waals surface area contributed by atoms with E-state index in [-0.39, 0.29) is 5.56 Å². The molecule has 0 bridgehead atoms. The molecule has 2 aromatic rings. The molecule has 15 heavy (non-hydrogen) atoms. The van der Waals surface area contributed by atoms with E-state index in [4.69, 9.17) is 0 Å². The number of carbonyl (C=O) groups is 1. The Labute approximate surface area is 98.5 Å². The summed E-state index contributed by atoms with van der Waals surface area (Å²) in [6.07, 6.45) is 2.53. The molecule has 0 N–H and O–H groups in total. The molecule has 0 amide bonds. The lowest BCUT2D eigenvalue weighted by Crippen LogP contribution is -2.17. The summed E-state index contributed by atoms with van der Waals surface area (Å²) in [6, 6.07) is 1.65. The van der Waals surface area contributed by atoms with Crippen molar-refractivity contribution in [3.63, 3.8) is 0 Å². The Morgan fingerprint density at radius 3 is 2.93 bits per heavy atom. The van der Waals surface area contributed by atoms with Gasteiger partial charge in [-0.1, -0.05) is 0 Å². The minimum absolute atomic E-state index is 0.0416. The molecule has 0 aromatic carbocycles. The Bertz CT molecular complexity index is 585. The van der Waals surface area contributed by atoms with E-state index in [0.29, 0.717) is 16.8 Å². The van der Waals surface area contributed by atoms with Gasteiger partial charge in [0.25, 0.3) is 5.56 Å². The molecular formula is C10H8BrNO2S. The number of aromatic nitrogens is 1. The van der Waals surface area contributed by atoms with E-state index in [2.05, 4.69) is 15.9 Å². The summed E-state index contributed by atoms with van der Waals surface area (Å²) in [5.41, 5.74) is -0.0416. The van der Waals surface area contributed by atoms with Crippen LogP contribution in [0.5, 0.6) is 0 Å². The van der Waals surface area contributed by atoms with Crippen LogP contribution < -0.4 is 5.56 Å². The number of carbonyl (C=O) groups excluding carboxylic acids is 1. The van der Waals surface area contributed by atoms with Crippen molar-refractivity contribution in [2.24, 2.45) is 0 Å². The molecule has 0 unspecified atom stereocenters. The molecule has 0 aliphatic rings. The zero-order valence-corrected chi connectivity index (χ0v) is 10.4. The second kappa shape index (κ2) is 3.90. The Hall–Kier alpha value is -0.940. The number of rotatable bonds is 2. The smallest absolute Gasteiger partial charge is 0.259 e. The van der Waals surface area contributed by atoms with E-state index in [0.717, 1.165) is 15.5 Å².